The van der Waals surface area contributed by atoms with Gasteiger partial charge in [-0.3, -0.25) is 14.5 Å². The summed E-state index contributed by atoms with van der Waals surface area (Å²) < 4.78 is 11.8. The molecule has 1 spiro atoms. The van der Waals surface area contributed by atoms with E-state index >= 15 is 0 Å². The van der Waals surface area contributed by atoms with Gasteiger partial charge in [-0.05, 0) is 50.9 Å². The van der Waals surface area contributed by atoms with Gasteiger partial charge in [0.2, 0.25) is 11.8 Å². The van der Waals surface area contributed by atoms with Crippen LogP contribution in [0.5, 0.6) is 0 Å². The minimum atomic E-state index is -0.552. The number of carbonyl (C=O) groups excluding carboxylic acids is 2. The van der Waals surface area contributed by atoms with Gasteiger partial charge in [0, 0.05) is 19.1 Å². The van der Waals surface area contributed by atoms with Crippen molar-refractivity contribution in [1.82, 2.24) is 10.2 Å². The number of ether oxygens (including phenoxy) is 2. The molecule has 4 rings (SSSR count). The van der Waals surface area contributed by atoms with Gasteiger partial charge in [-0.1, -0.05) is 13.3 Å². The Bertz CT molecular complexity index is 530. The molecular weight excluding hydrogens is 320 g/mol. The van der Waals surface area contributed by atoms with Crippen LogP contribution in [0, 0.1) is 11.8 Å². The van der Waals surface area contributed by atoms with Gasteiger partial charge in [-0.2, -0.15) is 0 Å². The van der Waals surface area contributed by atoms with E-state index in [-0.39, 0.29) is 23.8 Å². The molecule has 2 heterocycles. The van der Waals surface area contributed by atoms with Crippen LogP contribution in [-0.4, -0.2) is 54.3 Å². The minimum absolute atomic E-state index is 0.0837. The van der Waals surface area contributed by atoms with Crippen LogP contribution in [0.15, 0.2) is 0 Å². The molecule has 4 aliphatic rings. The first kappa shape index (κ1) is 17.3. The Kier molecular flexibility index (Phi) is 4.75. The molecule has 2 aliphatic heterocycles. The number of hydrogen-bond acceptors (Lipinski definition) is 4. The third-order valence-corrected chi connectivity index (χ3v) is 6.19. The van der Waals surface area contributed by atoms with E-state index in [1.807, 2.05) is 4.90 Å². The summed E-state index contributed by atoms with van der Waals surface area (Å²) in [5, 5.41) is 3.01. The maximum Gasteiger partial charge on any atom is 0.245 e. The van der Waals surface area contributed by atoms with E-state index in [4.69, 9.17) is 9.47 Å². The quantitative estimate of drug-likeness (QED) is 0.840. The van der Waals surface area contributed by atoms with Crippen LogP contribution < -0.4 is 5.32 Å². The van der Waals surface area contributed by atoms with Gasteiger partial charge in [0.05, 0.1) is 12.7 Å². The third-order valence-electron chi connectivity index (χ3n) is 6.19. The van der Waals surface area contributed by atoms with Gasteiger partial charge in [0.15, 0.2) is 0 Å². The van der Waals surface area contributed by atoms with E-state index in [9.17, 15) is 9.59 Å². The van der Waals surface area contributed by atoms with Gasteiger partial charge in [-0.15, -0.1) is 0 Å². The maximum atomic E-state index is 13.0. The Morgan fingerprint density at radius 3 is 2.72 bits per heavy atom. The molecule has 4 atom stereocenters. The van der Waals surface area contributed by atoms with Crippen molar-refractivity contribution in [3.05, 3.63) is 0 Å². The largest absolute Gasteiger partial charge is 0.376 e. The predicted molar refractivity (Wildman–Crippen MR) is 91.7 cm³/mol. The van der Waals surface area contributed by atoms with Crippen LogP contribution >= 0.6 is 0 Å². The molecule has 0 aromatic carbocycles. The van der Waals surface area contributed by atoms with Crippen molar-refractivity contribution in [2.45, 2.75) is 76.2 Å². The van der Waals surface area contributed by atoms with Crippen LogP contribution in [0.25, 0.3) is 0 Å². The molecule has 4 fully saturated rings. The van der Waals surface area contributed by atoms with E-state index in [0.29, 0.717) is 19.1 Å². The van der Waals surface area contributed by atoms with Crippen LogP contribution in [0.3, 0.4) is 0 Å². The van der Waals surface area contributed by atoms with E-state index in [1.54, 1.807) is 0 Å². The zero-order valence-corrected chi connectivity index (χ0v) is 15.2. The number of amides is 2. The van der Waals surface area contributed by atoms with E-state index in [1.165, 1.54) is 6.42 Å². The van der Waals surface area contributed by atoms with Gasteiger partial charge < -0.3 is 14.8 Å². The van der Waals surface area contributed by atoms with Crippen LogP contribution in [0.4, 0.5) is 0 Å². The molecule has 4 unspecified atom stereocenters. The summed E-state index contributed by atoms with van der Waals surface area (Å²) in [5.74, 6) is 0.671. The summed E-state index contributed by atoms with van der Waals surface area (Å²) in [5.41, 5.74) is -0.552. The van der Waals surface area contributed by atoms with Crippen LogP contribution in [0.1, 0.15) is 58.3 Å². The van der Waals surface area contributed by atoms with Crippen molar-refractivity contribution >= 4 is 11.8 Å². The second kappa shape index (κ2) is 6.88. The summed E-state index contributed by atoms with van der Waals surface area (Å²) in [4.78, 5) is 27.7. The van der Waals surface area contributed by atoms with Crippen LogP contribution in [-0.2, 0) is 19.1 Å². The van der Waals surface area contributed by atoms with E-state index in [2.05, 4.69) is 12.2 Å². The Morgan fingerprint density at radius 2 is 2.04 bits per heavy atom. The van der Waals surface area contributed by atoms with Crippen molar-refractivity contribution < 1.29 is 19.1 Å². The maximum absolute atomic E-state index is 13.0. The summed E-state index contributed by atoms with van der Waals surface area (Å²) in [6.07, 6.45) is 7.99. The fourth-order valence-corrected chi connectivity index (χ4v) is 4.70. The summed E-state index contributed by atoms with van der Waals surface area (Å²) in [6, 6.07) is -0.486. The standard InChI is InChI=1S/C19H30N2O4/c1-13-4-2-8-19(10-13)21(18(23)14-6-7-14)16(12-25-19)17(22)20-11-15-5-3-9-24-15/h13-16H,2-12H2,1H3,(H,20,22). The fourth-order valence-electron chi connectivity index (χ4n) is 4.70. The summed E-state index contributed by atoms with van der Waals surface area (Å²) in [7, 11) is 0. The molecule has 2 saturated carbocycles. The molecule has 1 N–H and O–H groups in total. The molecule has 0 radical (unpaired) electrons. The van der Waals surface area contributed by atoms with Gasteiger partial charge in [-0.25, -0.2) is 0 Å². The van der Waals surface area contributed by atoms with Gasteiger partial charge in [0.25, 0.3) is 0 Å². The lowest BCUT2D eigenvalue weighted by molar-refractivity contribution is -0.164. The lowest BCUT2D eigenvalue weighted by atomic mass is 9.83. The van der Waals surface area contributed by atoms with Crippen molar-refractivity contribution in [3.63, 3.8) is 0 Å². The Hall–Kier alpha value is -1.14. The molecule has 6 heteroatoms. The average Bonchev–Trinajstić information content (AvgIpc) is 3.20. The van der Waals surface area contributed by atoms with Crippen molar-refractivity contribution in [3.8, 4) is 0 Å². The Labute approximate surface area is 149 Å². The number of hydrogen-bond donors (Lipinski definition) is 1. The topological polar surface area (TPSA) is 67.9 Å². The first-order chi connectivity index (χ1) is 12.1. The lowest BCUT2D eigenvalue weighted by Gasteiger charge is -2.43. The highest BCUT2D eigenvalue weighted by molar-refractivity contribution is 5.90. The molecule has 140 valence electrons. The monoisotopic (exact) mass is 350 g/mol. The summed E-state index contributed by atoms with van der Waals surface area (Å²) >= 11 is 0. The van der Waals surface area contributed by atoms with Gasteiger partial charge >= 0.3 is 0 Å². The van der Waals surface area contributed by atoms with Crippen molar-refractivity contribution in [2.24, 2.45) is 11.8 Å². The lowest BCUT2D eigenvalue weighted by Crippen LogP contribution is -2.58. The number of nitrogens with zero attached hydrogens (tertiary/aromatic N) is 1. The average molecular weight is 350 g/mol. The third kappa shape index (κ3) is 3.43. The number of carbonyl (C=O) groups is 2. The van der Waals surface area contributed by atoms with Crippen molar-refractivity contribution in [2.75, 3.05) is 19.8 Å². The molecule has 2 saturated heterocycles. The molecule has 0 aromatic rings. The molecular formula is C19H30N2O4. The Balaban J connectivity index is 1.47. The zero-order chi connectivity index (χ0) is 17.4. The minimum Gasteiger partial charge on any atom is -0.376 e. The normalized spacial score (nSPS) is 38.3. The number of rotatable bonds is 4. The first-order valence-corrected chi connectivity index (χ1v) is 9.95. The molecule has 0 bridgehead atoms. The van der Waals surface area contributed by atoms with Crippen molar-refractivity contribution in [1.29, 1.82) is 0 Å². The SMILES string of the molecule is CC1CCCC2(C1)OCC(C(=O)NCC1CCCO1)N2C(=O)C1CC1. The molecule has 6 nitrogen and oxygen atoms in total. The van der Waals surface area contributed by atoms with E-state index < -0.39 is 11.8 Å². The molecule has 2 amide bonds. The highest BCUT2D eigenvalue weighted by Gasteiger charge is 2.55. The van der Waals surface area contributed by atoms with E-state index in [0.717, 1.165) is 51.6 Å². The predicted octanol–water partition coefficient (Wildman–Crippen LogP) is 1.83. The fraction of sp³-hybridized carbons (Fsp3) is 0.895. The molecule has 25 heavy (non-hydrogen) atoms. The Morgan fingerprint density at radius 1 is 1.20 bits per heavy atom. The first-order valence-electron chi connectivity index (χ1n) is 9.95. The highest BCUT2D eigenvalue weighted by Crippen LogP contribution is 2.45. The zero-order valence-electron chi connectivity index (χ0n) is 15.2. The second-order valence-electron chi connectivity index (χ2n) is 8.34. The highest BCUT2D eigenvalue weighted by atomic mass is 16.5. The summed E-state index contributed by atoms with van der Waals surface area (Å²) in [6.45, 7) is 3.85. The van der Waals surface area contributed by atoms with Gasteiger partial charge in [0.1, 0.15) is 11.8 Å². The smallest absolute Gasteiger partial charge is 0.245 e. The second-order valence-corrected chi connectivity index (χ2v) is 8.34. The molecule has 2 aliphatic carbocycles. The van der Waals surface area contributed by atoms with Crippen LogP contribution in [0.2, 0.25) is 0 Å². The molecule has 0 aromatic heterocycles. The number of nitrogens with one attached hydrogen (secondary N) is 1.